The van der Waals surface area contributed by atoms with Crippen LogP contribution in [0.4, 0.5) is 5.69 Å². The Kier molecular flexibility index (Phi) is 5.52. The molecule has 0 atom stereocenters. The molecule has 0 heterocycles. The van der Waals surface area contributed by atoms with E-state index >= 15 is 0 Å². The quantitative estimate of drug-likeness (QED) is 0.579. The second kappa shape index (κ2) is 7.58. The van der Waals surface area contributed by atoms with Crippen molar-refractivity contribution in [2.75, 3.05) is 25.1 Å². The topological polar surface area (TPSA) is 46.6 Å². The molecule has 4 nitrogen and oxygen atoms in total. The predicted molar refractivity (Wildman–Crippen MR) is 91.7 cm³/mol. The Hall–Kier alpha value is -2.62. The molecule has 23 heavy (non-hydrogen) atoms. The number of hydrogen-bond acceptors (Lipinski definition) is 4. The molecule has 120 valence electrons. The van der Waals surface area contributed by atoms with Crippen LogP contribution < -0.4 is 9.64 Å². The lowest BCUT2D eigenvalue weighted by Gasteiger charge is -2.20. The van der Waals surface area contributed by atoms with E-state index in [9.17, 15) is 9.59 Å². The first-order valence-electron chi connectivity index (χ1n) is 7.68. The van der Waals surface area contributed by atoms with E-state index in [1.807, 2.05) is 12.1 Å². The van der Waals surface area contributed by atoms with Gasteiger partial charge in [-0.2, -0.15) is 0 Å². The molecule has 2 aromatic carbocycles. The molecule has 4 heteroatoms. The molecule has 0 radical (unpaired) electrons. The number of anilines is 1. The minimum absolute atomic E-state index is 0.364. The number of hydrogen-bond donors (Lipinski definition) is 0. The van der Waals surface area contributed by atoms with Crippen LogP contribution in [0.25, 0.3) is 0 Å². The van der Waals surface area contributed by atoms with E-state index in [-0.39, 0.29) is 0 Å². The zero-order chi connectivity index (χ0) is 16.8. The lowest BCUT2D eigenvalue weighted by molar-refractivity contribution is 0.0817. The van der Waals surface area contributed by atoms with Crippen molar-refractivity contribution in [3.63, 3.8) is 0 Å². The number of Topliss-reactive ketones (excluding diaryl/α,β-unsaturated/α-hetero) is 2. The molecule has 0 bridgehead atoms. The minimum atomic E-state index is -0.511. The van der Waals surface area contributed by atoms with Crippen molar-refractivity contribution in [2.24, 2.45) is 0 Å². The minimum Gasteiger partial charge on any atom is -0.497 e. The van der Waals surface area contributed by atoms with Gasteiger partial charge >= 0.3 is 0 Å². The molecule has 2 rings (SSSR count). The molecule has 0 saturated carbocycles. The molecule has 0 aliphatic carbocycles. The molecule has 0 aliphatic heterocycles. The Morgan fingerprint density at radius 2 is 1.26 bits per heavy atom. The molecule has 0 N–H and O–H groups in total. The molecule has 0 saturated heterocycles. The zero-order valence-corrected chi connectivity index (χ0v) is 13.7. The number of ketones is 2. The molecule has 0 aromatic heterocycles. The van der Waals surface area contributed by atoms with Gasteiger partial charge in [0.15, 0.2) is 0 Å². The van der Waals surface area contributed by atoms with Gasteiger partial charge < -0.3 is 9.64 Å². The summed E-state index contributed by atoms with van der Waals surface area (Å²) in [5, 5.41) is 0. The highest BCUT2D eigenvalue weighted by molar-refractivity contribution is 6.49. The fraction of sp³-hybridized carbons (Fsp3) is 0.263. The monoisotopic (exact) mass is 311 g/mol. The zero-order valence-electron chi connectivity index (χ0n) is 13.7. The summed E-state index contributed by atoms with van der Waals surface area (Å²) >= 11 is 0. The standard InChI is InChI=1S/C19H21NO3/c1-4-20(5-2)16-10-6-14(7-11-16)18(21)19(22)15-8-12-17(23-3)13-9-15/h6-13H,4-5H2,1-3H3. The summed E-state index contributed by atoms with van der Waals surface area (Å²) in [6.45, 7) is 5.95. The first-order valence-corrected chi connectivity index (χ1v) is 7.68. The van der Waals surface area contributed by atoms with Crippen molar-refractivity contribution >= 4 is 17.3 Å². The van der Waals surface area contributed by atoms with Gasteiger partial charge in [0.25, 0.3) is 0 Å². The largest absolute Gasteiger partial charge is 0.497 e. The molecular formula is C19H21NO3. The maximum absolute atomic E-state index is 12.3. The van der Waals surface area contributed by atoms with Gasteiger partial charge in [-0.3, -0.25) is 9.59 Å². The van der Waals surface area contributed by atoms with Crippen LogP contribution in [0.15, 0.2) is 48.5 Å². The van der Waals surface area contributed by atoms with E-state index in [2.05, 4.69) is 18.7 Å². The number of benzene rings is 2. The van der Waals surface area contributed by atoms with Crippen LogP contribution in [-0.2, 0) is 0 Å². The number of ether oxygens (including phenoxy) is 1. The van der Waals surface area contributed by atoms with E-state index in [0.29, 0.717) is 16.9 Å². The highest BCUT2D eigenvalue weighted by Crippen LogP contribution is 2.17. The molecule has 0 fully saturated rings. The van der Waals surface area contributed by atoms with E-state index in [4.69, 9.17) is 4.74 Å². The lowest BCUT2D eigenvalue weighted by Crippen LogP contribution is -2.22. The average Bonchev–Trinajstić information content (AvgIpc) is 2.62. The van der Waals surface area contributed by atoms with Crippen molar-refractivity contribution in [3.8, 4) is 5.75 Å². The maximum atomic E-state index is 12.3. The fourth-order valence-electron chi connectivity index (χ4n) is 2.42. The van der Waals surface area contributed by atoms with Crippen LogP contribution in [0.5, 0.6) is 5.75 Å². The van der Waals surface area contributed by atoms with Gasteiger partial charge in [-0.05, 0) is 62.4 Å². The van der Waals surface area contributed by atoms with Crippen LogP contribution in [0.1, 0.15) is 34.6 Å². The van der Waals surface area contributed by atoms with Crippen molar-refractivity contribution in [3.05, 3.63) is 59.7 Å². The van der Waals surface area contributed by atoms with Gasteiger partial charge in [0.1, 0.15) is 5.75 Å². The second-order valence-electron chi connectivity index (χ2n) is 5.11. The van der Waals surface area contributed by atoms with E-state index in [1.165, 1.54) is 0 Å². The van der Waals surface area contributed by atoms with E-state index < -0.39 is 11.6 Å². The highest BCUT2D eigenvalue weighted by atomic mass is 16.5. The number of methoxy groups -OCH3 is 1. The normalized spacial score (nSPS) is 10.2. The van der Waals surface area contributed by atoms with Crippen molar-refractivity contribution in [1.82, 2.24) is 0 Å². The SMILES string of the molecule is CCN(CC)c1ccc(C(=O)C(=O)c2ccc(OC)cc2)cc1. The maximum Gasteiger partial charge on any atom is 0.233 e. The van der Waals surface area contributed by atoms with Crippen LogP contribution >= 0.6 is 0 Å². The van der Waals surface area contributed by atoms with E-state index in [1.54, 1.807) is 43.5 Å². The van der Waals surface area contributed by atoms with Crippen LogP contribution in [-0.4, -0.2) is 31.8 Å². The summed E-state index contributed by atoms with van der Waals surface area (Å²) < 4.78 is 5.05. The third-order valence-electron chi connectivity index (χ3n) is 3.82. The Morgan fingerprint density at radius 3 is 1.65 bits per heavy atom. The Labute approximate surface area is 136 Å². The first kappa shape index (κ1) is 16.7. The molecular weight excluding hydrogens is 290 g/mol. The third-order valence-corrected chi connectivity index (χ3v) is 3.82. The van der Waals surface area contributed by atoms with Crippen molar-refractivity contribution in [2.45, 2.75) is 13.8 Å². The summed E-state index contributed by atoms with van der Waals surface area (Å²) in [6.07, 6.45) is 0. The van der Waals surface area contributed by atoms with Gasteiger partial charge in [-0.15, -0.1) is 0 Å². The lowest BCUT2D eigenvalue weighted by atomic mass is 10.0. The highest BCUT2D eigenvalue weighted by Gasteiger charge is 2.18. The predicted octanol–water partition coefficient (Wildman–Crippen LogP) is 3.61. The average molecular weight is 311 g/mol. The van der Waals surface area contributed by atoms with Crippen LogP contribution in [0.2, 0.25) is 0 Å². The second-order valence-corrected chi connectivity index (χ2v) is 5.11. The van der Waals surface area contributed by atoms with Gasteiger partial charge in [-0.1, -0.05) is 0 Å². The van der Waals surface area contributed by atoms with Gasteiger partial charge in [-0.25, -0.2) is 0 Å². The van der Waals surface area contributed by atoms with Crippen LogP contribution in [0.3, 0.4) is 0 Å². The summed E-state index contributed by atoms with van der Waals surface area (Å²) in [5.41, 5.74) is 1.81. The summed E-state index contributed by atoms with van der Waals surface area (Å²) in [7, 11) is 1.55. The fourth-order valence-corrected chi connectivity index (χ4v) is 2.42. The molecule has 2 aromatic rings. The molecule has 0 spiro atoms. The Balaban J connectivity index is 2.17. The number of nitrogens with zero attached hydrogens (tertiary/aromatic N) is 1. The van der Waals surface area contributed by atoms with Crippen molar-refractivity contribution in [1.29, 1.82) is 0 Å². The smallest absolute Gasteiger partial charge is 0.233 e. The van der Waals surface area contributed by atoms with Gasteiger partial charge in [0.05, 0.1) is 7.11 Å². The molecule has 0 aliphatic rings. The third kappa shape index (κ3) is 3.77. The molecule has 0 amide bonds. The first-order chi connectivity index (χ1) is 11.1. The number of carbonyl (C=O) groups is 2. The van der Waals surface area contributed by atoms with Crippen LogP contribution in [0, 0.1) is 0 Å². The Morgan fingerprint density at radius 1 is 0.826 bits per heavy atom. The van der Waals surface area contributed by atoms with Gasteiger partial charge in [0, 0.05) is 29.9 Å². The summed E-state index contributed by atoms with van der Waals surface area (Å²) in [6, 6.07) is 13.7. The molecule has 0 unspecified atom stereocenters. The number of rotatable bonds is 7. The number of carbonyl (C=O) groups excluding carboxylic acids is 2. The Bertz CT molecular complexity index is 671. The van der Waals surface area contributed by atoms with Crippen molar-refractivity contribution < 1.29 is 14.3 Å². The summed E-state index contributed by atoms with van der Waals surface area (Å²) in [4.78, 5) is 26.8. The van der Waals surface area contributed by atoms with E-state index in [0.717, 1.165) is 18.8 Å². The summed E-state index contributed by atoms with van der Waals surface area (Å²) in [5.74, 6) is -0.359. The van der Waals surface area contributed by atoms with Gasteiger partial charge in [0.2, 0.25) is 11.6 Å².